The van der Waals surface area contributed by atoms with Gasteiger partial charge in [-0.3, -0.25) is 9.59 Å². The zero-order valence-corrected chi connectivity index (χ0v) is 17.8. The van der Waals surface area contributed by atoms with Crippen molar-refractivity contribution in [3.8, 4) is 5.88 Å². The number of pyridine rings is 1. The van der Waals surface area contributed by atoms with E-state index in [4.69, 9.17) is 32.7 Å². The van der Waals surface area contributed by atoms with Crippen LogP contribution in [-0.4, -0.2) is 37.1 Å². The maximum absolute atomic E-state index is 12.8. The average Bonchev–Trinajstić information content (AvgIpc) is 2.69. The second-order valence-corrected chi connectivity index (χ2v) is 6.94. The van der Waals surface area contributed by atoms with Gasteiger partial charge in [0.25, 0.3) is 5.91 Å². The Balaban J connectivity index is 2.16. The first kappa shape index (κ1) is 22.9. The highest BCUT2D eigenvalue weighted by molar-refractivity contribution is 6.38. The topological polar surface area (TPSA) is 89.6 Å². The summed E-state index contributed by atoms with van der Waals surface area (Å²) in [6.45, 7) is 2.81. The molecule has 29 heavy (non-hydrogen) atoms. The monoisotopic (exact) mass is 439 g/mol. The van der Waals surface area contributed by atoms with Crippen LogP contribution in [0.25, 0.3) is 0 Å². The molecule has 0 spiro atoms. The normalized spacial score (nSPS) is 10.5. The first-order valence-corrected chi connectivity index (χ1v) is 9.84. The average molecular weight is 440 g/mol. The molecule has 0 aliphatic rings. The molecule has 0 unspecified atom stereocenters. The molecule has 0 fully saturated rings. The van der Waals surface area contributed by atoms with Gasteiger partial charge in [0.15, 0.2) is 0 Å². The fourth-order valence-electron chi connectivity index (χ4n) is 2.49. The van der Waals surface area contributed by atoms with Gasteiger partial charge in [0.1, 0.15) is 6.61 Å². The van der Waals surface area contributed by atoms with E-state index in [9.17, 15) is 9.59 Å². The smallest absolute Gasteiger partial charge is 0.253 e. The number of hydrogen-bond donors (Lipinski definition) is 2. The molecular formula is C20H23Cl2N3O4. The molecule has 156 valence electrons. The van der Waals surface area contributed by atoms with E-state index >= 15 is 0 Å². The molecule has 0 saturated carbocycles. The van der Waals surface area contributed by atoms with Crippen molar-refractivity contribution in [2.45, 2.75) is 26.3 Å². The molecule has 0 aliphatic carbocycles. The number of anilines is 1. The quantitative estimate of drug-likeness (QED) is 0.544. The Bertz CT molecular complexity index is 862. The number of nitrogens with zero attached hydrogens (tertiary/aromatic N) is 1. The summed E-state index contributed by atoms with van der Waals surface area (Å²) < 4.78 is 10.5. The lowest BCUT2D eigenvalue weighted by Gasteiger charge is -2.15. The lowest BCUT2D eigenvalue weighted by Crippen LogP contribution is -2.25. The van der Waals surface area contributed by atoms with Gasteiger partial charge in [-0.25, -0.2) is 4.98 Å². The number of carbonyl (C=O) groups excluding carboxylic acids is 2. The highest BCUT2D eigenvalue weighted by atomic mass is 35.5. The minimum atomic E-state index is -0.437. The Morgan fingerprint density at radius 2 is 2.00 bits per heavy atom. The van der Waals surface area contributed by atoms with Crippen molar-refractivity contribution in [3.05, 3.63) is 51.6 Å². The molecule has 0 aliphatic heterocycles. The van der Waals surface area contributed by atoms with E-state index in [1.54, 1.807) is 25.4 Å². The Kier molecular flexibility index (Phi) is 9.18. The summed E-state index contributed by atoms with van der Waals surface area (Å²) in [6.07, 6.45) is 2.59. The minimum absolute atomic E-state index is 0.168. The van der Waals surface area contributed by atoms with Crippen molar-refractivity contribution >= 4 is 40.7 Å². The largest absolute Gasteiger partial charge is 0.475 e. The number of hydrogen-bond acceptors (Lipinski definition) is 5. The predicted octanol–water partition coefficient (Wildman–Crippen LogP) is 4.08. The van der Waals surface area contributed by atoms with E-state index in [0.29, 0.717) is 42.5 Å². The van der Waals surface area contributed by atoms with Crippen LogP contribution in [0.2, 0.25) is 10.0 Å². The van der Waals surface area contributed by atoms with Gasteiger partial charge in [-0.1, -0.05) is 36.2 Å². The van der Waals surface area contributed by atoms with Crippen LogP contribution in [0.5, 0.6) is 5.88 Å². The molecule has 2 amide bonds. The van der Waals surface area contributed by atoms with Crippen LogP contribution in [-0.2, 0) is 16.1 Å². The molecule has 2 N–H and O–H groups in total. The minimum Gasteiger partial charge on any atom is -0.475 e. The third-order valence-corrected chi connectivity index (χ3v) is 4.37. The molecule has 1 aromatic carbocycles. The number of methoxy groups -OCH3 is 1. The highest BCUT2D eigenvalue weighted by Gasteiger charge is 2.18. The summed E-state index contributed by atoms with van der Waals surface area (Å²) in [7, 11) is 1.58. The third kappa shape index (κ3) is 6.88. The van der Waals surface area contributed by atoms with Crippen LogP contribution in [0.1, 0.15) is 35.7 Å². The van der Waals surface area contributed by atoms with E-state index < -0.39 is 5.91 Å². The summed E-state index contributed by atoms with van der Waals surface area (Å²) in [5, 5.41) is 5.96. The predicted molar refractivity (Wildman–Crippen MR) is 113 cm³/mol. The Hall–Kier alpha value is -2.35. The molecule has 0 bridgehead atoms. The van der Waals surface area contributed by atoms with Gasteiger partial charge < -0.3 is 20.1 Å². The summed E-state index contributed by atoms with van der Waals surface area (Å²) in [5.41, 5.74) is 1.11. The third-order valence-electron chi connectivity index (χ3n) is 3.86. The standard InChI is InChI=1S/C20H23Cl2N3O4/c1-3-5-17(26)25-18-15(10-14(21)11-16(18)22)19(27)24-12-13-6-4-7-23-20(13)29-9-8-28-2/h4,6-7,10-11H,3,5,8-9,12H2,1-2H3,(H,24,27)(H,25,26). The fourth-order valence-corrected chi connectivity index (χ4v) is 3.03. The number of ether oxygens (including phenoxy) is 2. The van der Waals surface area contributed by atoms with Crippen LogP contribution in [0.15, 0.2) is 30.5 Å². The van der Waals surface area contributed by atoms with Crippen LogP contribution in [0.3, 0.4) is 0 Å². The Morgan fingerprint density at radius 1 is 1.21 bits per heavy atom. The number of rotatable bonds is 10. The Labute approximate surface area is 179 Å². The van der Waals surface area contributed by atoms with Gasteiger partial charge in [-0.05, 0) is 24.6 Å². The number of nitrogens with one attached hydrogen (secondary N) is 2. The van der Waals surface area contributed by atoms with Gasteiger partial charge >= 0.3 is 0 Å². The number of halogens is 2. The van der Waals surface area contributed by atoms with E-state index in [1.807, 2.05) is 6.92 Å². The van der Waals surface area contributed by atoms with Crippen LogP contribution in [0.4, 0.5) is 5.69 Å². The van der Waals surface area contributed by atoms with Gasteiger partial charge in [0, 0.05) is 36.9 Å². The van der Waals surface area contributed by atoms with Crippen molar-refractivity contribution in [2.24, 2.45) is 0 Å². The second kappa shape index (κ2) is 11.6. The molecule has 9 heteroatoms. The molecular weight excluding hydrogens is 417 g/mol. The van der Waals surface area contributed by atoms with Crippen molar-refractivity contribution in [1.82, 2.24) is 10.3 Å². The molecule has 1 heterocycles. The van der Waals surface area contributed by atoms with Crippen molar-refractivity contribution in [3.63, 3.8) is 0 Å². The van der Waals surface area contributed by atoms with E-state index in [2.05, 4.69) is 15.6 Å². The Morgan fingerprint density at radius 3 is 2.72 bits per heavy atom. The van der Waals surface area contributed by atoms with E-state index in [1.165, 1.54) is 12.1 Å². The summed E-state index contributed by atoms with van der Waals surface area (Å²) in [4.78, 5) is 29.0. The first-order chi connectivity index (χ1) is 14.0. The molecule has 0 saturated heterocycles. The highest BCUT2D eigenvalue weighted by Crippen LogP contribution is 2.30. The van der Waals surface area contributed by atoms with E-state index in [0.717, 1.165) is 0 Å². The number of aromatic nitrogens is 1. The number of amides is 2. The first-order valence-electron chi connectivity index (χ1n) is 9.09. The van der Waals surface area contributed by atoms with Crippen LogP contribution in [0, 0.1) is 0 Å². The van der Waals surface area contributed by atoms with Crippen LogP contribution < -0.4 is 15.4 Å². The van der Waals surface area contributed by atoms with Crippen molar-refractivity contribution in [2.75, 3.05) is 25.6 Å². The van der Waals surface area contributed by atoms with Gasteiger partial charge in [-0.2, -0.15) is 0 Å². The summed E-state index contributed by atoms with van der Waals surface area (Å²) in [5.74, 6) is -0.259. The number of carbonyl (C=O) groups is 2. The maximum Gasteiger partial charge on any atom is 0.253 e. The van der Waals surface area contributed by atoms with E-state index in [-0.39, 0.29) is 28.7 Å². The van der Waals surface area contributed by atoms with Gasteiger partial charge in [0.2, 0.25) is 11.8 Å². The molecule has 7 nitrogen and oxygen atoms in total. The maximum atomic E-state index is 12.8. The molecule has 2 rings (SSSR count). The van der Waals surface area contributed by atoms with Gasteiger partial charge in [-0.15, -0.1) is 0 Å². The zero-order chi connectivity index (χ0) is 21.2. The van der Waals surface area contributed by atoms with Crippen LogP contribution >= 0.6 is 23.2 Å². The fraction of sp³-hybridized carbons (Fsp3) is 0.350. The van der Waals surface area contributed by atoms with Crippen molar-refractivity contribution < 1.29 is 19.1 Å². The molecule has 0 radical (unpaired) electrons. The lowest BCUT2D eigenvalue weighted by atomic mass is 10.1. The molecule has 1 aromatic heterocycles. The zero-order valence-electron chi connectivity index (χ0n) is 16.3. The second-order valence-electron chi connectivity index (χ2n) is 6.10. The van der Waals surface area contributed by atoms with Gasteiger partial charge in [0.05, 0.1) is 22.9 Å². The summed E-state index contributed by atoms with van der Waals surface area (Å²) in [6, 6.07) is 6.48. The molecule has 0 atom stereocenters. The molecule has 2 aromatic rings. The lowest BCUT2D eigenvalue weighted by molar-refractivity contribution is -0.116. The van der Waals surface area contributed by atoms with Crippen molar-refractivity contribution in [1.29, 1.82) is 0 Å². The number of benzene rings is 1. The summed E-state index contributed by atoms with van der Waals surface area (Å²) >= 11 is 12.3. The SMILES string of the molecule is CCCC(=O)Nc1c(Cl)cc(Cl)cc1C(=O)NCc1cccnc1OCCOC.